The number of halogens is 2. The molecule has 2 heteroatoms. The summed E-state index contributed by atoms with van der Waals surface area (Å²) in [6, 6.07) is 14.4. The van der Waals surface area contributed by atoms with Crippen molar-refractivity contribution in [3.63, 3.8) is 0 Å². The molecule has 0 saturated heterocycles. The first kappa shape index (κ1) is 14.8. The molecule has 1 saturated carbocycles. The van der Waals surface area contributed by atoms with E-state index >= 15 is 0 Å². The fourth-order valence-electron chi connectivity index (χ4n) is 2.90. The zero-order chi connectivity index (χ0) is 15.4. The van der Waals surface area contributed by atoms with Gasteiger partial charge in [0.15, 0.2) is 0 Å². The Balaban J connectivity index is 1.68. The Hall–Kier alpha value is -2.14. The van der Waals surface area contributed by atoms with Gasteiger partial charge in [-0.05, 0) is 73.6 Å². The van der Waals surface area contributed by atoms with Crippen molar-refractivity contribution in [1.82, 2.24) is 0 Å². The van der Waals surface area contributed by atoms with Gasteiger partial charge in [0.05, 0.1) is 0 Å². The van der Waals surface area contributed by atoms with Gasteiger partial charge in [0.2, 0.25) is 0 Å². The summed E-state index contributed by atoms with van der Waals surface area (Å²) in [5, 5.41) is 0. The maximum atomic E-state index is 13.2. The van der Waals surface area contributed by atoms with Crippen LogP contribution in [0.1, 0.15) is 48.3 Å². The van der Waals surface area contributed by atoms with E-state index < -0.39 is 6.17 Å². The fraction of sp³-hybridized carbons (Fsp3) is 0.300. The summed E-state index contributed by atoms with van der Waals surface area (Å²) in [5.74, 6) is 6.34. The molecule has 0 unspecified atom stereocenters. The summed E-state index contributed by atoms with van der Waals surface area (Å²) in [7, 11) is 0. The molecule has 0 radical (unpaired) electrons. The zero-order valence-corrected chi connectivity index (χ0v) is 12.4. The molecule has 22 heavy (non-hydrogen) atoms. The van der Waals surface area contributed by atoms with E-state index in [2.05, 4.69) is 24.0 Å². The van der Waals surface area contributed by atoms with Crippen LogP contribution in [0.4, 0.5) is 8.78 Å². The topological polar surface area (TPSA) is 0 Å². The molecule has 1 aliphatic rings. The monoisotopic (exact) mass is 296 g/mol. The van der Waals surface area contributed by atoms with Gasteiger partial charge >= 0.3 is 0 Å². The van der Waals surface area contributed by atoms with Crippen molar-refractivity contribution in [1.29, 1.82) is 0 Å². The molecule has 1 fully saturated rings. The second kappa shape index (κ2) is 6.75. The molecule has 3 rings (SSSR count). The predicted molar refractivity (Wildman–Crippen MR) is 84.9 cm³/mol. The Bertz CT molecular complexity index is 666. The lowest BCUT2D eigenvalue weighted by Crippen LogP contribution is -2.13. The Kier molecular flexibility index (Phi) is 4.53. The van der Waals surface area contributed by atoms with Gasteiger partial charge in [0.25, 0.3) is 0 Å². The smallest absolute Gasteiger partial charge is 0.123 e. The van der Waals surface area contributed by atoms with Crippen LogP contribution in [0.5, 0.6) is 0 Å². The Labute approximate surface area is 130 Å². The molecule has 0 heterocycles. The maximum Gasteiger partial charge on any atom is 0.123 e. The number of alkyl halides is 1. The molecule has 0 nitrogen and oxygen atoms in total. The Morgan fingerprint density at radius 3 is 1.77 bits per heavy atom. The third-order valence-electron chi connectivity index (χ3n) is 4.23. The summed E-state index contributed by atoms with van der Waals surface area (Å²) >= 11 is 0. The summed E-state index contributed by atoms with van der Waals surface area (Å²) in [4.78, 5) is 0. The van der Waals surface area contributed by atoms with Crippen molar-refractivity contribution in [2.75, 3.05) is 0 Å². The molecule has 0 spiro atoms. The molecular weight excluding hydrogens is 278 g/mol. The first-order valence-electron chi connectivity index (χ1n) is 7.72. The lowest BCUT2D eigenvalue weighted by atomic mass is 9.83. The van der Waals surface area contributed by atoms with E-state index in [1.807, 2.05) is 12.1 Å². The van der Waals surface area contributed by atoms with Gasteiger partial charge < -0.3 is 0 Å². The summed E-state index contributed by atoms with van der Waals surface area (Å²) in [6.07, 6.45) is 2.61. The summed E-state index contributed by atoms with van der Waals surface area (Å²) in [6.45, 7) is 0. The molecule has 0 N–H and O–H groups in total. The Morgan fingerprint density at radius 1 is 0.727 bits per heavy atom. The van der Waals surface area contributed by atoms with Gasteiger partial charge in [0, 0.05) is 11.1 Å². The van der Waals surface area contributed by atoms with Crippen molar-refractivity contribution in [2.45, 2.75) is 37.8 Å². The van der Waals surface area contributed by atoms with Crippen molar-refractivity contribution < 1.29 is 8.78 Å². The average Bonchev–Trinajstić information content (AvgIpc) is 2.56. The van der Waals surface area contributed by atoms with Crippen LogP contribution in [-0.4, -0.2) is 6.17 Å². The van der Waals surface area contributed by atoms with E-state index in [0.29, 0.717) is 18.8 Å². The van der Waals surface area contributed by atoms with Crippen LogP contribution >= 0.6 is 0 Å². The highest BCUT2D eigenvalue weighted by Gasteiger charge is 2.21. The number of hydrogen-bond acceptors (Lipinski definition) is 0. The third kappa shape index (κ3) is 3.74. The Morgan fingerprint density at radius 2 is 1.23 bits per heavy atom. The molecule has 0 bridgehead atoms. The normalized spacial score (nSPS) is 21.0. The molecule has 112 valence electrons. The molecule has 2 aromatic rings. The molecular formula is C20H18F2. The molecule has 2 aromatic carbocycles. The van der Waals surface area contributed by atoms with Crippen molar-refractivity contribution in [2.24, 2.45) is 0 Å². The number of hydrogen-bond donors (Lipinski definition) is 0. The van der Waals surface area contributed by atoms with E-state index in [9.17, 15) is 8.78 Å². The first-order chi connectivity index (χ1) is 10.7. The van der Waals surface area contributed by atoms with Crippen LogP contribution in [-0.2, 0) is 0 Å². The van der Waals surface area contributed by atoms with Crippen LogP contribution in [0.15, 0.2) is 48.5 Å². The third-order valence-corrected chi connectivity index (χ3v) is 4.23. The van der Waals surface area contributed by atoms with Gasteiger partial charge in [-0.3, -0.25) is 0 Å². The molecule has 0 atom stereocenters. The lowest BCUT2D eigenvalue weighted by Gasteiger charge is -2.24. The highest BCUT2D eigenvalue weighted by Crippen LogP contribution is 2.33. The minimum absolute atomic E-state index is 0.252. The van der Waals surface area contributed by atoms with Crippen molar-refractivity contribution in [3.05, 3.63) is 71.0 Å². The van der Waals surface area contributed by atoms with E-state index in [0.717, 1.165) is 24.0 Å². The predicted octanol–water partition coefficient (Wildman–Crippen LogP) is 5.22. The van der Waals surface area contributed by atoms with Gasteiger partial charge in [-0.15, -0.1) is 0 Å². The van der Waals surface area contributed by atoms with Gasteiger partial charge in [-0.25, -0.2) is 8.78 Å². The quantitative estimate of drug-likeness (QED) is 0.633. The fourth-order valence-corrected chi connectivity index (χ4v) is 2.90. The van der Waals surface area contributed by atoms with E-state index in [1.165, 1.54) is 17.7 Å². The molecule has 0 aliphatic heterocycles. The summed E-state index contributed by atoms with van der Waals surface area (Å²) in [5.41, 5.74) is 3.01. The largest absolute Gasteiger partial charge is 0.247 e. The van der Waals surface area contributed by atoms with Crippen molar-refractivity contribution >= 4 is 0 Å². The molecule has 1 aliphatic carbocycles. The van der Waals surface area contributed by atoms with Crippen LogP contribution in [0.2, 0.25) is 0 Å². The minimum atomic E-state index is -0.614. The van der Waals surface area contributed by atoms with Gasteiger partial charge in [-0.1, -0.05) is 24.0 Å². The lowest BCUT2D eigenvalue weighted by molar-refractivity contribution is 0.235. The SMILES string of the molecule is Fc1ccc(C#Cc2ccc(C3CCC(F)CC3)cc2)cc1. The minimum Gasteiger partial charge on any atom is -0.247 e. The second-order valence-electron chi connectivity index (χ2n) is 5.83. The van der Waals surface area contributed by atoms with Crippen LogP contribution in [0, 0.1) is 17.7 Å². The van der Waals surface area contributed by atoms with E-state index in [4.69, 9.17) is 0 Å². The van der Waals surface area contributed by atoms with Crippen LogP contribution in [0.3, 0.4) is 0 Å². The highest BCUT2D eigenvalue weighted by atomic mass is 19.1. The van der Waals surface area contributed by atoms with Crippen LogP contribution in [0.25, 0.3) is 0 Å². The second-order valence-corrected chi connectivity index (χ2v) is 5.83. The molecule has 0 amide bonds. The van der Waals surface area contributed by atoms with E-state index in [1.54, 1.807) is 12.1 Å². The van der Waals surface area contributed by atoms with Crippen molar-refractivity contribution in [3.8, 4) is 11.8 Å². The van der Waals surface area contributed by atoms with Gasteiger partial charge in [-0.2, -0.15) is 0 Å². The highest BCUT2D eigenvalue weighted by molar-refractivity contribution is 5.43. The summed E-state index contributed by atoms with van der Waals surface area (Å²) < 4.78 is 26.0. The number of benzene rings is 2. The number of rotatable bonds is 1. The first-order valence-corrected chi connectivity index (χ1v) is 7.72. The molecule has 0 aromatic heterocycles. The maximum absolute atomic E-state index is 13.2. The van der Waals surface area contributed by atoms with Crippen LogP contribution < -0.4 is 0 Å². The van der Waals surface area contributed by atoms with E-state index in [-0.39, 0.29) is 5.82 Å². The zero-order valence-electron chi connectivity index (χ0n) is 12.4. The average molecular weight is 296 g/mol. The van der Waals surface area contributed by atoms with Gasteiger partial charge in [0.1, 0.15) is 12.0 Å². The standard InChI is InChI=1S/C20H18F2/c21-19-11-5-16(6-12-19)2-1-15-3-7-17(8-4-15)18-9-13-20(22)14-10-18/h3-8,11-12,18,20H,9-10,13-14H2.